The van der Waals surface area contributed by atoms with Gasteiger partial charge in [-0.1, -0.05) is 24.3 Å². The number of thiophene rings is 1. The van der Waals surface area contributed by atoms with Gasteiger partial charge in [-0.2, -0.15) is 5.10 Å². The van der Waals surface area contributed by atoms with E-state index in [2.05, 4.69) is 15.8 Å². The number of esters is 1. The van der Waals surface area contributed by atoms with Crippen molar-refractivity contribution in [3.05, 3.63) is 92.5 Å². The van der Waals surface area contributed by atoms with E-state index >= 15 is 0 Å². The van der Waals surface area contributed by atoms with Crippen molar-refractivity contribution < 1.29 is 23.9 Å². The number of carbonyl (C=O) groups excluding carboxylic acids is 3. The quantitative estimate of drug-likeness (QED) is 0.120. The number of methoxy groups -OCH3 is 1. The van der Waals surface area contributed by atoms with Gasteiger partial charge in [0, 0.05) is 12.6 Å². The Bertz CT molecular complexity index is 1620. The summed E-state index contributed by atoms with van der Waals surface area (Å²) in [6.45, 7) is 3.27. The van der Waals surface area contributed by atoms with Gasteiger partial charge in [-0.05, 0) is 55.6 Å². The number of carbonyl (C=O) groups is 3. The van der Waals surface area contributed by atoms with E-state index in [0.29, 0.717) is 27.5 Å². The molecule has 0 aliphatic heterocycles. The van der Waals surface area contributed by atoms with Crippen molar-refractivity contribution in [2.75, 3.05) is 12.4 Å². The second kappa shape index (κ2) is 11.6. The zero-order chi connectivity index (χ0) is 28.1. The van der Waals surface area contributed by atoms with E-state index in [-0.39, 0.29) is 17.2 Å². The van der Waals surface area contributed by atoms with E-state index in [1.165, 1.54) is 23.1 Å². The third-order valence-electron chi connectivity index (χ3n) is 5.83. The highest BCUT2D eigenvalue weighted by molar-refractivity contribution is 7.12. The molecule has 0 fully saturated rings. The molecule has 0 saturated carbocycles. The van der Waals surface area contributed by atoms with Gasteiger partial charge >= 0.3 is 17.8 Å². The van der Waals surface area contributed by atoms with Gasteiger partial charge in [0.15, 0.2) is 11.5 Å². The molecule has 2 heterocycles. The molecule has 0 radical (unpaired) electrons. The molecule has 0 atom stereocenters. The molecule has 200 valence electrons. The van der Waals surface area contributed by atoms with Gasteiger partial charge in [0.1, 0.15) is 10.6 Å². The van der Waals surface area contributed by atoms with Gasteiger partial charge in [0.25, 0.3) is 5.56 Å². The number of anilines is 1. The smallest absolute Gasteiger partial charge is 0.353 e. The summed E-state index contributed by atoms with van der Waals surface area (Å²) in [6.07, 6.45) is 0. The van der Waals surface area contributed by atoms with Crippen molar-refractivity contribution in [3.8, 4) is 17.2 Å². The third-order valence-corrected chi connectivity index (χ3v) is 6.68. The minimum atomic E-state index is -1.06. The van der Waals surface area contributed by atoms with Crippen LogP contribution in [0.15, 0.2) is 75.9 Å². The maximum atomic E-state index is 13.0. The normalized spacial score (nSPS) is 11.1. The lowest BCUT2D eigenvalue weighted by Gasteiger charge is -2.10. The first-order valence-electron chi connectivity index (χ1n) is 11.6. The van der Waals surface area contributed by atoms with Crippen LogP contribution < -0.4 is 25.8 Å². The fourth-order valence-electron chi connectivity index (χ4n) is 3.65. The van der Waals surface area contributed by atoms with Gasteiger partial charge in [0.05, 0.1) is 24.2 Å². The largest absolute Gasteiger partial charge is 0.493 e. The number of hydrazone groups is 1. The number of para-hydroxylation sites is 1. The number of amides is 2. The number of ether oxygens (including phenoxy) is 2. The summed E-state index contributed by atoms with van der Waals surface area (Å²) in [5, 5.41) is 8.14. The highest BCUT2D eigenvalue weighted by Gasteiger charge is 2.22. The summed E-state index contributed by atoms with van der Waals surface area (Å²) in [7, 11) is 3.10. The van der Waals surface area contributed by atoms with Crippen molar-refractivity contribution in [1.29, 1.82) is 0 Å². The summed E-state index contributed by atoms with van der Waals surface area (Å²) >= 11 is 1.26. The maximum absolute atomic E-state index is 13.0. The fraction of sp³-hybridized carbons (Fsp3) is 0.148. The molecule has 0 spiro atoms. The summed E-state index contributed by atoms with van der Waals surface area (Å²) in [6, 6.07) is 17.1. The number of nitrogens with zero attached hydrogens (tertiary/aromatic N) is 3. The first-order valence-corrected chi connectivity index (χ1v) is 12.5. The number of nitrogens with one attached hydrogen (secondary N) is 2. The molecule has 0 aliphatic carbocycles. The lowest BCUT2D eigenvalue weighted by atomic mass is 10.1. The Labute approximate surface area is 227 Å². The van der Waals surface area contributed by atoms with Crippen molar-refractivity contribution in [2.45, 2.75) is 13.8 Å². The summed E-state index contributed by atoms with van der Waals surface area (Å²) in [4.78, 5) is 50.7. The van der Waals surface area contributed by atoms with Gasteiger partial charge in [-0.25, -0.2) is 14.9 Å². The second-order valence-corrected chi connectivity index (χ2v) is 9.21. The van der Waals surface area contributed by atoms with Crippen LogP contribution in [0, 0.1) is 6.92 Å². The van der Waals surface area contributed by atoms with Crippen LogP contribution in [0.2, 0.25) is 0 Å². The standard InChI is InChI=1S/C27H25N5O6S/c1-16(18-12-13-20(21(15-18)37-4)38-27(36)22-11-8-14-39-22)29-30-25(34)24(33)28-23-17(2)31(3)32(26(23)35)19-9-6-5-7-10-19/h5-15H,1-4H3,(H,28,33)(H,30,34)/b29-16+. The zero-order valence-corrected chi connectivity index (χ0v) is 22.4. The predicted molar refractivity (Wildman–Crippen MR) is 147 cm³/mol. The van der Waals surface area contributed by atoms with Crippen molar-refractivity contribution in [3.63, 3.8) is 0 Å². The second-order valence-electron chi connectivity index (χ2n) is 8.26. The maximum Gasteiger partial charge on any atom is 0.353 e. The van der Waals surface area contributed by atoms with E-state index in [9.17, 15) is 19.2 Å². The highest BCUT2D eigenvalue weighted by atomic mass is 32.1. The van der Waals surface area contributed by atoms with Gasteiger partial charge in [-0.15, -0.1) is 11.3 Å². The molecule has 0 bridgehead atoms. The zero-order valence-electron chi connectivity index (χ0n) is 21.6. The molecule has 2 amide bonds. The Morgan fingerprint density at radius 2 is 1.72 bits per heavy atom. The first-order chi connectivity index (χ1) is 18.7. The molecule has 4 rings (SSSR count). The van der Waals surface area contributed by atoms with Crippen LogP contribution in [0.5, 0.6) is 11.5 Å². The Balaban J connectivity index is 1.45. The van der Waals surface area contributed by atoms with Crippen LogP contribution in [0.25, 0.3) is 5.69 Å². The third kappa shape index (κ3) is 5.80. The molecule has 12 heteroatoms. The number of benzene rings is 2. The van der Waals surface area contributed by atoms with Gasteiger partial charge in [-0.3, -0.25) is 19.1 Å². The van der Waals surface area contributed by atoms with E-state index in [0.717, 1.165) is 0 Å². The van der Waals surface area contributed by atoms with Crippen LogP contribution >= 0.6 is 11.3 Å². The lowest BCUT2D eigenvalue weighted by Crippen LogP contribution is -2.34. The van der Waals surface area contributed by atoms with Gasteiger partial charge < -0.3 is 14.8 Å². The Kier molecular flexibility index (Phi) is 8.06. The van der Waals surface area contributed by atoms with Crippen LogP contribution in [0.4, 0.5) is 5.69 Å². The molecule has 2 aromatic heterocycles. The monoisotopic (exact) mass is 547 g/mol. The molecular formula is C27H25N5O6S. The number of hydrogen-bond donors (Lipinski definition) is 2. The van der Waals surface area contributed by atoms with E-state index in [1.54, 1.807) is 85.6 Å². The lowest BCUT2D eigenvalue weighted by molar-refractivity contribution is -0.136. The summed E-state index contributed by atoms with van der Waals surface area (Å²) < 4.78 is 13.7. The Morgan fingerprint density at radius 3 is 2.38 bits per heavy atom. The van der Waals surface area contributed by atoms with Crippen LogP contribution in [-0.2, 0) is 16.6 Å². The van der Waals surface area contributed by atoms with Gasteiger partial charge in [0.2, 0.25) is 0 Å². The van der Waals surface area contributed by atoms with E-state index < -0.39 is 23.3 Å². The molecule has 0 unspecified atom stereocenters. The summed E-state index contributed by atoms with van der Waals surface area (Å²) in [5.74, 6) is -2.12. The molecule has 11 nitrogen and oxygen atoms in total. The molecule has 4 aromatic rings. The predicted octanol–water partition coefficient (Wildman–Crippen LogP) is 3.25. The van der Waals surface area contributed by atoms with Crippen molar-refractivity contribution in [1.82, 2.24) is 14.8 Å². The number of aromatic nitrogens is 2. The topological polar surface area (TPSA) is 133 Å². The Morgan fingerprint density at radius 1 is 0.974 bits per heavy atom. The molecule has 2 N–H and O–H groups in total. The minimum absolute atomic E-state index is 0.0142. The fourth-order valence-corrected chi connectivity index (χ4v) is 4.25. The Hall–Kier alpha value is -4.97. The van der Waals surface area contributed by atoms with Crippen LogP contribution in [-0.4, -0.2) is 40.0 Å². The molecule has 39 heavy (non-hydrogen) atoms. The summed E-state index contributed by atoms with van der Waals surface area (Å²) in [5.41, 5.74) is 3.69. The minimum Gasteiger partial charge on any atom is -0.493 e. The molecule has 2 aromatic carbocycles. The highest BCUT2D eigenvalue weighted by Crippen LogP contribution is 2.29. The SMILES string of the molecule is COc1cc(/C(C)=N/NC(=O)C(=O)Nc2c(C)n(C)n(-c3ccccc3)c2=O)ccc1OC(=O)c1cccs1. The van der Waals surface area contributed by atoms with Crippen molar-refractivity contribution in [2.24, 2.45) is 12.1 Å². The average Bonchev–Trinajstić information content (AvgIpc) is 3.56. The number of rotatable bonds is 7. The van der Waals surface area contributed by atoms with Crippen molar-refractivity contribution >= 4 is 40.5 Å². The van der Waals surface area contributed by atoms with E-state index in [1.807, 2.05) is 6.07 Å². The van der Waals surface area contributed by atoms with Crippen LogP contribution in [0.3, 0.4) is 0 Å². The first kappa shape index (κ1) is 27.1. The van der Waals surface area contributed by atoms with E-state index in [4.69, 9.17) is 9.47 Å². The molecule has 0 saturated heterocycles. The average molecular weight is 548 g/mol. The van der Waals surface area contributed by atoms with Crippen LogP contribution in [0.1, 0.15) is 27.9 Å². The molecule has 0 aliphatic rings. The number of hydrogen-bond acceptors (Lipinski definition) is 8. The molecular weight excluding hydrogens is 522 g/mol.